The summed E-state index contributed by atoms with van der Waals surface area (Å²) >= 11 is 5.95. The van der Waals surface area contributed by atoms with E-state index >= 15 is 0 Å². The van der Waals surface area contributed by atoms with Crippen molar-refractivity contribution in [2.45, 2.75) is 26.3 Å². The Balaban J connectivity index is 2.06. The van der Waals surface area contributed by atoms with Crippen LogP contribution in [0.2, 0.25) is 5.02 Å². The van der Waals surface area contributed by atoms with Crippen LogP contribution in [0.15, 0.2) is 29.0 Å². The van der Waals surface area contributed by atoms with Crippen LogP contribution >= 0.6 is 11.6 Å². The highest BCUT2D eigenvalue weighted by Gasteiger charge is 2.16. The molecule has 0 aliphatic heterocycles. The Bertz CT molecular complexity index is 503. The summed E-state index contributed by atoms with van der Waals surface area (Å²) in [6.07, 6.45) is 4.06. The predicted molar refractivity (Wildman–Crippen MR) is 64.3 cm³/mol. The molecule has 0 saturated carbocycles. The molecule has 0 N–H and O–H groups in total. The van der Waals surface area contributed by atoms with Crippen LogP contribution in [0.5, 0.6) is 0 Å². The maximum atomic E-state index is 12.0. The summed E-state index contributed by atoms with van der Waals surface area (Å²) in [5.74, 6) is 0.794. The monoisotopic (exact) mass is 252 g/mol. The number of furan rings is 1. The van der Waals surface area contributed by atoms with Gasteiger partial charge in [0.15, 0.2) is 5.78 Å². The fourth-order valence-electron chi connectivity index (χ4n) is 1.69. The van der Waals surface area contributed by atoms with Crippen molar-refractivity contribution in [3.8, 4) is 0 Å². The molecule has 0 bridgehead atoms. The summed E-state index contributed by atoms with van der Waals surface area (Å²) in [7, 11) is 0. The Morgan fingerprint density at radius 2 is 2.41 bits per heavy atom. The van der Waals surface area contributed by atoms with Gasteiger partial charge in [0, 0.05) is 19.4 Å². The van der Waals surface area contributed by atoms with Gasteiger partial charge in [-0.3, -0.25) is 9.48 Å². The number of carbonyl (C=O) groups is 1. The minimum atomic E-state index is -0.00856. The summed E-state index contributed by atoms with van der Waals surface area (Å²) in [4.78, 5) is 12.0. The van der Waals surface area contributed by atoms with Crippen molar-refractivity contribution in [3.63, 3.8) is 0 Å². The third-order valence-corrected chi connectivity index (χ3v) is 2.81. The molecular formula is C12H13ClN2O2. The van der Waals surface area contributed by atoms with Crippen LogP contribution in [0.1, 0.15) is 29.6 Å². The summed E-state index contributed by atoms with van der Waals surface area (Å²) in [5, 5.41) is 4.45. The van der Waals surface area contributed by atoms with E-state index < -0.39 is 0 Å². The molecule has 2 aromatic heterocycles. The molecule has 2 aromatic rings. The number of ketones is 1. The maximum Gasteiger partial charge on any atom is 0.182 e. The number of nitrogens with zero attached hydrogens (tertiary/aromatic N) is 2. The number of carbonyl (C=O) groups excluding carboxylic acids is 1. The van der Waals surface area contributed by atoms with Gasteiger partial charge < -0.3 is 4.42 Å². The van der Waals surface area contributed by atoms with E-state index in [1.807, 2.05) is 19.1 Å². The van der Waals surface area contributed by atoms with Crippen LogP contribution in [0, 0.1) is 0 Å². The third kappa shape index (κ3) is 2.58. The van der Waals surface area contributed by atoms with Crippen LogP contribution < -0.4 is 0 Å². The summed E-state index contributed by atoms with van der Waals surface area (Å²) in [6, 6.07) is 3.66. The minimum Gasteiger partial charge on any atom is -0.469 e. The molecule has 2 rings (SSSR count). The number of aryl methyl sites for hydroxylation is 2. The largest absolute Gasteiger partial charge is 0.469 e. The van der Waals surface area contributed by atoms with Gasteiger partial charge >= 0.3 is 0 Å². The van der Waals surface area contributed by atoms with Crippen LogP contribution in [0.25, 0.3) is 0 Å². The van der Waals surface area contributed by atoms with Crippen molar-refractivity contribution in [1.29, 1.82) is 0 Å². The van der Waals surface area contributed by atoms with Gasteiger partial charge in [-0.1, -0.05) is 11.6 Å². The normalized spacial score (nSPS) is 10.7. The average molecular weight is 253 g/mol. The van der Waals surface area contributed by atoms with Gasteiger partial charge in [-0.2, -0.15) is 5.10 Å². The second kappa shape index (κ2) is 5.19. The lowest BCUT2D eigenvalue weighted by atomic mass is 10.1. The standard InChI is InChI=1S/C12H13ClN2O2/c1-2-15-12(10(13)8-14-15)11(16)6-5-9-4-3-7-17-9/h3-4,7-8H,2,5-6H2,1H3. The molecule has 0 amide bonds. The molecule has 0 radical (unpaired) electrons. The van der Waals surface area contributed by atoms with E-state index in [4.69, 9.17) is 16.0 Å². The molecule has 0 aromatic carbocycles. The molecule has 0 saturated heterocycles. The molecule has 0 spiro atoms. The Hall–Kier alpha value is -1.55. The molecule has 2 heterocycles. The van der Waals surface area contributed by atoms with Gasteiger partial charge in [-0.05, 0) is 19.1 Å². The van der Waals surface area contributed by atoms with E-state index in [9.17, 15) is 4.79 Å². The number of halogens is 1. The van der Waals surface area contributed by atoms with E-state index in [2.05, 4.69) is 5.10 Å². The quantitative estimate of drug-likeness (QED) is 0.769. The molecule has 0 aliphatic carbocycles. The van der Waals surface area contributed by atoms with E-state index in [0.717, 1.165) is 5.76 Å². The number of Topliss-reactive ketones (excluding diaryl/α,β-unsaturated/α-hetero) is 1. The van der Waals surface area contributed by atoms with Crippen LogP contribution in [0.4, 0.5) is 0 Å². The first kappa shape index (κ1) is 11.9. The molecule has 17 heavy (non-hydrogen) atoms. The summed E-state index contributed by atoms with van der Waals surface area (Å²) in [5.41, 5.74) is 0.487. The summed E-state index contributed by atoms with van der Waals surface area (Å²) in [6.45, 7) is 2.56. The van der Waals surface area contributed by atoms with E-state index in [1.165, 1.54) is 6.20 Å². The zero-order valence-electron chi connectivity index (χ0n) is 9.52. The summed E-state index contributed by atoms with van der Waals surface area (Å²) < 4.78 is 6.80. The lowest BCUT2D eigenvalue weighted by Gasteiger charge is -2.03. The highest BCUT2D eigenvalue weighted by atomic mass is 35.5. The van der Waals surface area contributed by atoms with Gasteiger partial charge in [0.25, 0.3) is 0 Å². The highest BCUT2D eigenvalue weighted by molar-refractivity contribution is 6.33. The Morgan fingerprint density at radius 3 is 3.06 bits per heavy atom. The van der Waals surface area contributed by atoms with E-state index in [1.54, 1.807) is 10.9 Å². The van der Waals surface area contributed by atoms with Crippen molar-refractivity contribution >= 4 is 17.4 Å². The minimum absolute atomic E-state index is 0.00856. The van der Waals surface area contributed by atoms with Gasteiger partial charge in [0.1, 0.15) is 11.5 Å². The Labute approximate surface area is 104 Å². The molecular weight excluding hydrogens is 240 g/mol. The van der Waals surface area contributed by atoms with Crippen LogP contribution in [0.3, 0.4) is 0 Å². The molecule has 0 unspecified atom stereocenters. The predicted octanol–water partition coefficient (Wildman–Crippen LogP) is 2.96. The Morgan fingerprint density at radius 1 is 1.59 bits per heavy atom. The molecule has 0 aliphatic rings. The first-order valence-electron chi connectivity index (χ1n) is 5.49. The second-order valence-electron chi connectivity index (χ2n) is 3.66. The molecule has 0 fully saturated rings. The lowest BCUT2D eigenvalue weighted by Crippen LogP contribution is -2.10. The maximum absolute atomic E-state index is 12.0. The van der Waals surface area contributed by atoms with Crippen molar-refractivity contribution in [2.75, 3.05) is 0 Å². The SMILES string of the molecule is CCn1ncc(Cl)c1C(=O)CCc1ccco1. The second-order valence-corrected chi connectivity index (χ2v) is 4.07. The molecule has 4 nitrogen and oxygen atoms in total. The van der Waals surface area contributed by atoms with E-state index in [-0.39, 0.29) is 5.78 Å². The molecule has 0 atom stereocenters. The fraction of sp³-hybridized carbons (Fsp3) is 0.333. The fourth-order valence-corrected chi connectivity index (χ4v) is 1.94. The smallest absolute Gasteiger partial charge is 0.182 e. The van der Waals surface area contributed by atoms with Crippen LogP contribution in [-0.4, -0.2) is 15.6 Å². The molecule has 5 heteroatoms. The third-order valence-electron chi connectivity index (χ3n) is 2.54. The van der Waals surface area contributed by atoms with Crippen molar-refractivity contribution in [3.05, 3.63) is 41.1 Å². The first-order chi connectivity index (χ1) is 8.22. The molecule has 90 valence electrons. The lowest BCUT2D eigenvalue weighted by molar-refractivity contribution is 0.0970. The van der Waals surface area contributed by atoms with E-state index in [0.29, 0.717) is 30.1 Å². The first-order valence-corrected chi connectivity index (χ1v) is 5.87. The van der Waals surface area contributed by atoms with Crippen LogP contribution in [-0.2, 0) is 13.0 Å². The van der Waals surface area contributed by atoms with Crippen molar-refractivity contribution in [2.24, 2.45) is 0 Å². The van der Waals surface area contributed by atoms with Gasteiger partial charge in [0.2, 0.25) is 0 Å². The topological polar surface area (TPSA) is 48.0 Å². The van der Waals surface area contributed by atoms with Gasteiger partial charge in [-0.25, -0.2) is 0 Å². The zero-order chi connectivity index (χ0) is 12.3. The number of aromatic nitrogens is 2. The Kier molecular flexibility index (Phi) is 3.64. The zero-order valence-corrected chi connectivity index (χ0v) is 10.3. The van der Waals surface area contributed by atoms with Crippen molar-refractivity contribution < 1.29 is 9.21 Å². The van der Waals surface area contributed by atoms with Gasteiger partial charge in [-0.15, -0.1) is 0 Å². The van der Waals surface area contributed by atoms with Gasteiger partial charge in [0.05, 0.1) is 17.5 Å². The van der Waals surface area contributed by atoms with Crippen molar-refractivity contribution in [1.82, 2.24) is 9.78 Å². The number of rotatable bonds is 5. The number of hydrogen-bond donors (Lipinski definition) is 0. The highest BCUT2D eigenvalue weighted by Crippen LogP contribution is 2.18. The number of hydrogen-bond acceptors (Lipinski definition) is 3. The average Bonchev–Trinajstić information content (AvgIpc) is 2.94.